The highest BCUT2D eigenvalue weighted by Crippen LogP contribution is 2.50. The summed E-state index contributed by atoms with van der Waals surface area (Å²) in [5.74, 6) is 0. The minimum absolute atomic E-state index is 0.00720. The molecule has 1 aromatic heterocycles. The fourth-order valence-corrected chi connectivity index (χ4v) is 4.65. The number of aryl methyl sites for hydroxylation is 1. The van der Waals surface area contributed by atoms with Gasteiger partial charge in [-0.05, 0) is 48.6 Å². The van der Waals surface area contributed by atoms with Crippen molar-refractivity contribution in [3.63, 3.8) is 0 Å². The van der Waals surface area contributed by atoms with E-state index in [2.05, 4.69) is 23.0 Å². The number of nitrogens with zero attached hydrogens (tertiary/aromatic N) is 1. The predicted molar refractivity (Wildman–Crippen MR) is 90.6 cm³/mol. The lowest BCUT2D eigenvalue weighted by atomic mass is 9.58. The molecule has 1 aromatic rings. The summed E-state index contributed by atoms with van der Waals surface area (Å²) in [4.78, 5) is 14.2. The molecule has 2 fully saturated rings. The van der Waals surface area contributed by atoms with Gasteiger partial charge >= 0.3 is 6.03 Å². The number of hydrogen-bond acceptors (Lipinski definition) is 4. The summed E-state index contributed by atoms with van der Waals surface area (Å²) in [5.41, 5.74) is 2.28. The number of urea groups is 1. The maximum atomic E-state index is 12.3. The van der Waals surface area contributed by atoms with Gasteiger partial charge in [-0.25, -0.2) is 4.79 Å². The van der Waals surface area contributed by atoms with Gasteiger partial charge in [0.1, 0.15) is 0 Å². The average Bonchev–Trinajstić information content (AvgIpc) is 2.98. The summed E-state index contributed by atoms with van der Waals surface area (Å²) < 4.78 is 5.77. The van der Waals surface area contributed by atoms with Crippen LogP contribution in [0.5, 0.6) is 0 Å². The molecule has 1 spiro atoms. The molecule has 2 aliphatic rings. The summed E-state index contributed by atoms with van der Waals surface area (Å²) >= 11 is 1.66. The monoisotopic (exact) mass is 338 g/mol. The molecule has 2 atom stereocenters. The van der Waals surface area contributed by atoms with E-state index in [9.17, 15) is 9.90 Å². The van der Waals surface area contributed by atoms with E-state index in [4.69, 9.17) is 4.74 Å². The van der Waals surface area contributed by atoms with E-state index in [1.165, 1.54) is 11.1 Å². The molecule has 2 unspecified atom stereocenters. The minimum atomic E-state index is -0.280. The third-order valence-electron chi connectivity index (χ3n) is 5.48. The normalized spacial score (nSPS) is 26.1. The number of likely N-dealkylation sites (tertiary alicyclic amines) is 1. The average molecular weight is 338 g/mol. The second-order valence-corrected chi connectivity index (χ2v) is 7.40. The van der Waals surface area contributed by atoms with Gasteiger partial charge in [-0.2, -0.15) is 11.3 Å². The predicted octanol–water partition coefficient (Wildman–Crippen LogP) is 2.52. The Hall–Kier alpha value is -1.11. The van der Waals surface area contributed by atoms with Crippen LogP contribution < -0.4 is 5.32 Å². The second kappa shape index (κ2) is 6.79. The Morgan fingerprint density at radius 2 is 2.22 bits per heavy atom. The van der Waals surface area contributed by atoms with Crippen LogP contribution in [0.2, 0.25) is 0 Å². The molecule has 2 N–H and O–H groups in total. The number of thiophene rings is 1. The lowest BCUT2D eigenvalue weighted by Gasteiger charge is -2.56. The zero-order valence-electron chi connectivity index (χ0n) is 13.9. The first-order valence-electron chi connectivity index (χ1n) is 8.41. The molecule has 0 aromatic carbocycles. The number of nitrogens with one attached hydrogen (secondary N) is 1. The number of aliphatic hydroxyl groups is 1. The number of amides is 2. The Bertz CT molecular complexity index is 550. The molecular formula is C17H26N2O3S. The van der Waals surface area contributed by atoms with Crippen molar-refractivity contribution in [1.29, 1.82) is 0 Å². The molecule has 5 nitrogen and oxygen atoms in total. The van der Waals surface area contributed by atoms with Crippen molar-refractivity contribution < 1.29 is 14.6 Å². The van der Waals surface area contributed by atoms with Crippen LogP contribution in [-0.4, -0.2) is 47.9 Å². The zero-order chi connectivity index (χ0) is 16.4. The molecule has 6 heteroatoms. The number of rotatable bonds is 4. The molecule has 128 valence electrons. The van der Waals surface area contributed by atoms with Crippen LogP contribution in [0.3, 0.4) is 0 Å². The van der Waals surface area contributed by atoms with Gasteiger partial charge < -0.3 is 20.1 Å². The standard InChI is InChI=1S/C17H26N2O3S/c1-3-22-15-8-14(20)17(15)4-6-19(7-5-17)16(21)18-9-13-11-23-10-12(13)2/h10-11,14-15,20H,3-9H2,1-2H3,(H,18,21). The van der Waals surface area contributed by atoms with E-state index in [0.717, 1.165) is 19.3 Å². The number of hydrogen-bond donors (Lipinski definition) is 2. The second-order valence-electron chi connectivity index (χ2n) is 6.65. The van der Waals surface area contributed by atoms with Gasteiger partial charge in [-0.15, -0.1) is 0 Å². The zero-order valence-corrected chi connectivity index (χ0v) is 14.7. The number of aliphatic hydroxyl groups excluding tert-OH is 1. The largest absolute Gasteiger partial charge is 0.392 e. The summed E-state index contributed by atoms with van der Waals surface area (Å²) in [6, 6.07) is -0.00720. The smallest absolute Gasteiger partial charge is 0.317 e. The van der Waals surface area contributed by atoms with Crippen LogP contribution in [0, 0.1) is 12.3 Å². The van der Waals surface area contributed by atoms with Crippen LogP contribution in [0.25, 0.3) is 0 Å². The topological polar surface area (TPSA) is 61.8 Å². The number of carbonyl (C=O) groups is 1. The molecule has 1 aliphatic carbocycles. The minimum Gasteiger partial charge on any atom is -0.392 e. The molecule has 1 saturated carbocycles. The first-order valence-corrected chi connectivity index (χ1v) is 9.35. The quantitative estimate of drug-likeness (QED) is 0.887. The fourth-order valence-electron chi connectivity index (χ4n) is 3.79. The maximum Gasteiger partial charge on any atom is 0.317 e. The van der Waals surface area contributed by atoms with Crippen molar-refractivity contribution in [1.82, 2.24) is 10.2 Å². The molecule has 23 heavy (non-hydrogen) atoms. The summed E-state index contributed by atoms with van der Waals surface area (Å²) in [6.45, 7) is 6.70. The summed E-state index contributed by atoms with van der Waals surface area (Å²) in [7, 11) is 0. The van der Waals surface area contributed by atoms with Crippen LogP contribution in [0.1, 0.15) is 37.3 Å². The molecule has 2 amide bonds. The van der Waals surface area contributed by atoms with Gasteiger partial charge in [0.25, 0.3) is 0 Å². The van der Waals surface area contributed by atoms with Crippen LogP contribution in [-0.2, 0) is 11.3 Å². The Morgan fingerprint density at radius 3 is 2.78 bits per heavy atom. The molecule has 2 heterocycles. The van der Waals surface area contributed by atoms with E-state index >= 15 is 0 Å². The highest BCUT2D eigenvalue weighted by Gasteiger charge is 2.56. The Kier molecular flexibility index (Phi) is 4.94. The molecule has 0 radical (unpaired) electrons. The Balaban J connectivity index is 1.50. The van der Waals surface area contributed by atoms with Crippen molar-refractivity contribution in [2.75, 3.05) is 19.7 Å². The van der Waals surface area contributed by atoms with Crippen molar-refractivity contribution in [3.05, 3.63) is 21.9 Å². The first-order chi connectivity index (χ1) is 11.1. The van der Waals surface area contributed by atoms with Gasteiger partial charge in [-0.1, -0.05) is 0 Å². The van der Waals surface area contributed by atoms with Crippen LogP contribution >= 0.6 is 11.3 Å². The number of ether oxygens (including phenoxy) is 1. The highest BCUT2D eigenvalue weighted by molar-refractivity contribution is 7.08. The summed E-state index contributed by atoms with van der Waals surface area (Å²) in [5, 5.41) is 17.4. The van der Waals surface area contributed by atoms with E-state index in [1.54, 1.807) is 11.3 Å². The number of carbonyl (C=O) groups excluding carboxylic acids is 1. The third-order valence-corrected chi connectivity index (χ3v) is 6.39. The lowest BCUT2D eigenvalue weighted by molar-refractivity contribution is -0.207. The molecule has 1 saturated heterocycles. The Morgan fingerprint density at radius 1 is 1.48 bits per heavy atom. The van der Waals surface area contributed by atoms with E-state index in [-0.39, 0.29) is 23.7 Å². The first kappa shape index (κ1) is 16.7. The SMILES string of the molecule is CCOC1CC(O)C12CCN(C(=O)NCc1cscc1C)CC2. The van der Waals surface area contributed by atoms with Crippen molar-refractivity contribution >= 4 is 17.4 Å². The van der Waals surface area contributed by atoms with E-state index in [0.29, 0.717) is 26.2 Å². The van der Waals surface area contributed by atoms with E-state index < -0.39 is 0 Å². The Labute approximate surface area is 141 Å². The van der Waals surface area contributed by atoms with Gasteiger partial charge in [0.05, 0.1) is 12.2 Å². The fraction of sp³-hybridized carbons (Fsp3) is 0.706. The van der Waals surface area contributed by atoms with Gasteiger partial charge in [0, 0.05) is 38.1 Å². The van der Waals surface area contributed by atoms with Crippen molar-refractivity contribution in [3.8, 4) is 0 Å². The molecule has 1 aliphatic heterocycles. The van der Waals surface area contributed by atoms with Crippen LogP contribution in [0.15, 0.2) is 10.8 Å². The van der Waals surface area contributed by atoms with E-state index in [1.807, 2.05) is 11.8 Å². The van der Waals surface area contributed by atoms with Gasteiger partial charge in [0.2, 0.25) is 0 Å². The lowest BCUT2D eigenvalue weighted by Crippen LogP contribution is -2.63. The third kappa shape index (κ3) is 3.12. The van der Waals surface area contributed by atoms with Crippen LogP contribution in [0.4, 0.5) is 4.79 Å². The molecule has 0 bridgehead atoms. The maximum absolute atomic E-state index is 12.3. The molecular weight excluding hydrogens is 312 g/mol. The van der Waals surface area contributed by atoms with Gasteiger partial charge in [-0.3, -0.25) is 0 Å². The highest BCUT2D eigenvalue weighted by atomic mass is 32.1. The van der Waals surface area contributed by atoms with Gasteiger partial charge in [0.15, 0.2) is 0 Å². The molecule has 3 rings (SSSR count). The summed E-state index contributed by atoms with van der Waals surface area (Å²) in [6.07, 6.45) is 2.25. The van der Waals surface area contributed by atoms with Crippen molar-refractivity contribution in [2.24, 2.45) is 5.41 Å². The number of piperidine rings is 1. The van der Waals surface area contributed by atoms with Crippen molar-refractivity contribution in [2.45, 2.75) is 51.9 Å².